The topological polar surface area (TPSA) is 134 Å². The lowest BCUT2D eigenvalue weighted by Crippen LogP contribution is -2.60. The zero-order chi connectivity index (χ0) is 22.0. The van der Waals surface area contributed by atoms with Crippen molar-refractivity contribution in [1.82, 2.24) is 0 Å². The fourth-order valence-electron chi connectivity index (χ4n) is 3.15. The molecule has 160 valence electrons. The number of aliphatic hydroxyl groups excluding tert-OH is 3. The van der Waals surface area contributed by atoms with Crippen LogP contribution in [0.2, 0.25) is 0 Å². The smallest absolute Gasteiger partial charge is 0.335 e. The van der Waals surface area contributed by atoms with Crippen LogP contribution < -0.4 is 0 Å². The Morgan fingerprint density at radius 2 is 1.70 bits per heavy atom. The molecule has 0 amide bonds. The molecule has 9 heteroatoms. The van der Waals surface area contributed by atoms with Crippen molar-refractivity contribution in [3.63, 3.8) is 0 Å². The van der Waals surface area contributed by atoms with Gasteiger partial charge in [0.15, 0.2) is 6.10 Å². The molecular formula is C21H21FO8. The Bertz CT molecular complexity index is 918. The van der Waals surface area contributed by atoms with E-state index < -0.39 is 54.4 Å². The monoisotopic (exact) mass is 420 g/mol. The van der Waals surface area contributed by atoms with Gasteiger partial charge in [0.05, 0.1) is 5.92 Å². The highest BCUT2D eigenvalue weighted by atomic mass is 19.1. The number of carboxylic acid groups (broad SMARTS) is 1. The first kappa shape index (κ1) is 21.8. The molecule has 1 aliphatic rings. The Kier molecular flexibility index (Phi) is 6.47. The number of aliphatic hydroxyl groups is 3. The van der Waals surface area contributed by atoms with Gasteiger partial charge >= 0.3 is 11.9 Å². The molecule has 4 N–H and O–H groups in total. The maximum atomic E-state index is 14.6. The summed E-state index contributed by atoms with van der Waals surface area (Å²) in [6.45, 7) is 1.44. The van der Waals surface area contributed by atoms with Gasteiger partial charge in [-0.25, -0.2) is 9.18 Å². The van der Waals surface area contributed by atoms with Gasteiger partial charge in [0, 0.05) is 5.56 Å². The van der Waals surface area contributed by atoms with Crippen molar-refractivity contribution in [3.8, 4) is 11.1 Å². The molecule has 2 aromatic carbocycles. The molecule has 2 aromatic rings. The van der Waals surface area contributed by atoms with Crippen LogP contribution in [0.15, 0.2) is 48.5 Å². The van der Waals surface area contributed by atoms with Crippen molar-refractivity contribution in [2.45, 2.75) is 43.5 Å². The number of ether oxygens (including phenoxy) is 2. The molecule has 0 radical (unpaired) electrons. The molecule has 0 aromatic heterocycles. The second-order valence-electron chi connectivity index (χ2n) is 7.00. The second kappa shape index (κ2) is 8.88. The zero-order valence-corrected chi connectivity index (χ0v) is 15.9. The molecule has 1 aliphatic heterocycles. The molecule has 0 bridgehead atoms. The number of benzene rings is 2. The SMILES string of the molecule is C[C@@H](C(=O)O[C@@H]1O[C@H](C(=O)O)[C@@H](O)[C@H](O)[C@H]1O)c1ccc(-c2ccccc2)c(F)c1. The maximum Gasteiger partial charge on any atom is 0.335 e. The van der Waals surface area contributed by atoms with Crippen molar-refractivity contribution in [2.75, 3.05) is 0 Å². The summed E-state index contributed by atoms with van der Waals surface area (Å²) in [5, 5.41) is 38.5. The Hall–Kier alpha value is -2.85. The van der Waals surface area contributed by atoms with Crippen molar-refractivity contribution in [3.05, 3.63) is 59.9 Å². The fourth-order valence-corrected chi connectivity index (χ4v) is 3.15. The molecule has 3 rings (SSSR count). The number of hydrogen-bond donors (Lipinski definition) is 4. The van der Waals surface area contributed by atoms with Crippen molar-refractivity contribution < 1.29 is 43.9 Å². The molecule has 1 fully saturated rings. The van der Waals surface area contributed by atoms with Gasteiger partial charge in [0.1, 0.15) is 24.1 Å². The van der Waals surface area contributed by atoms with Gasteiger partial charge in [-0.1, -0.05) is 42.5 Å². The number of halogens is 1. The highest BCUT2D eigenvalue weighted by Crippen LogP contribution is 2.28. The summed E-state index contributed by atoms with van der Waals surface area (Å²) in [5.74, 6) is -4.05. The Morgan fingerprint density at radius 3 is 2.30 bits per heavy atom. The first-order valence-corrected chi connectivity index (χ1v) is 9.18. The molecule has 0 spiro atoms. The summed E-state index contributed by atoms with van der Waals surface area (Å²) in [4.78, 5) is 23.6. The minimum Gasteiger partial charge on any atom is -0.479 e. The van der Waals surface area contributed by atoms with Gasteiger partial charge in [-0.3, -0.25) is 4.79 Å². The van der Waals surface area contributed by atoms with Crippen molar-refractivity contribution in [2.24, 2.45) is 0 Å². The fraction of sp³-hybridized carbons (Fsp3) is 0.333. The third-order valence-corrected chi connectivity index (χ3v) is 4.98. The van der Waals surface area contributed by atoms with Crippen LogP contribution in [0.3, 0.4) is 0 Å². The van der Waals surface area contributed by atoms with Crippen LogP contribution in [0.1, 0.15) is 18.4 Å². The van der Waals surface area contributed by atoms with E-state index in [1.807, 2.05) is 0 Å². The zero-order valence-electron chi connectivity index (χ0n) is 15.9. The van der Waals surface area contributed by atoms with Crippen molar-refractivity contribution >= 4 is 11.9 Å². The van der Waals surface area contributed by atoms with Crippen molar-refractivity contribution in [1.29, 1.82) is 0 Å². The van der Waals surface area contributed by atoms with E-state index in [0.29, 0.717) is 11.1 Å². The lowest BCUT2D eigenvalue weighted by atomic mass is 9.96. The molecule has 6 atom stereocenters. The summed E-state index contributed by atoms with van der Waals surface area (Å²) >= 11 is 0. The molecule has 0 unspecified atom stereocenters. The first-order valence-electron chi connectivity index (χ1n) is 9.18. The van der Waals surface area contributed by atoms with E-state index in [-0.39, 0.29) is 5.56 Å². The third-order valence-electron chi connectivity index (χ3n) is 4.98. The number of hydrogen-bond acceptors (Lipinski definition) is 7. The summed E-state index contributed by atoms with van der Waals surface area (Å²) in [6.07, 6.45) is -9.35. The van der Waals surface area contributed by atoms with E-state index in [1.165, 1.54) is 19.1 Å². The number of carbonyl (C=O) groups is 2. The van der Waals surface area contributed by atoms with Crippen LogP contribution in [0.25, 0.3) is 11.1 Å². The predicted molar refractivity (Wildman–Crippen MR) is 101 cm³/mol. The van der Waals surface area contributed by atoms with E-state index in [9.17, 15) is 29.3 Å². The minimum atomic E-state index is -1.90. The quantitative estimate of drug-likeness (QED) is 0.527. The summed E-state index contributed by atoms with van der Waals surface area (Å²) in [7, 11) is 0. The Morgan fingerprint density at radius 1 is 1.03 bits per heavy atom. The molecular weight excluding hydrogens is 399 g/mol. The number of rotatable bonds is 5. The van der Waals surface area contributed by atoms with Crippen LogP contribution in [0.4, 0.5) is 4.39 Å². The maximum absolute atomic E-state index is 14.6. The van der Waals surface area contributed by atoms with E-state index in [4.69, 9.17) is 14.6 Å². The summed E-state index contributed by atoms with van der Waals surface area (Å²) < 4.78 is 24.5. The lowest BCUT2D eigenvalue weighted by molar-refractivity contribution is -0.286. The molecule has 30 heavy (non-hydrogen) atoms. The first-order chi connectivity index (χ1) is 14.2. The number of carbonyl (C=O) groups excluding carboxylic acids is 1. The number of aliphatic carboxylic acids is 1. The predicted octanol–water partition coefficient (Wildman–Crippen LogP) is 1.03. The standard InChI is InChI=1S/C21H21FO8/c1-10(12-7-8-13(14(22)9-12)11-5-3-2-4-6-11)20(28)30-21-17(25)15(23)16(24)18(29-21)19(26)27/h2-10,15-18,21,23-25H,1H3,(H,26,27)/t10-,15+,16+,17-,18+,21+/m1/s1. The van der Waals surface area contributed by atoms with Gasteiger partial charge in [-0.05, 0) is 24.1 Å². The minimum absolute atomic E-state index is 0.290. The number of esters is 1. The average molecular weight is 420 g/mol. The Labute approximate surface area is 171 Å². The van der Waals surface area contributed by atoms with Gasteiger partial charge in [-0.15, -0.1) is 0 Å². The van der Waals surface area contributed by atoms with Gasteiger partial charge in [0.2, 0.25) is 6.29 Å². The van der Waals surface area contributed by atoms with E-state index >= 15 is 0 Å². The van der Waals surface area contributed by atoms with Crippen LogP contribution in [-0.4, -0.2) is 63.1 Å². The van der Waals surface area contributed by atoms with Crippen LogP contribution in [0.5, 0.6) is 0 Å². The van der Waals surface area contributed by atoms with Gasteiger partial charge < -0.3 is 29.9 Å². The highest BCUT2D eigenvalue weighted by Gasteiger charge is 2.48. The van der Waals surface area contributed by atoms with Gasteiger partial charge in [0.25, 0.3) is 0 Å². The van der Waals surface area contributed by atoms with Crippen LogP contribution in [0, 0.1) is 5.82 Å². The Balaban J connectivity index is 1.74. The summed E-state index contributed by atoms with van der Waals surface area (Å²) in [6, 6.07) is 13.1. The average Bonchev–Trinajstić information content (AvgIpc) is 2.73. The second-order valence-corrected chi connectivity index (χ2v) is 7.00. The molecule has 8 nitrogen and oxygen atoms in total. The summed E-state index contributed by atoms with van der Waals surface area (Å²) in [5.41, 5.74) is 1.31. The normalized spacial score (nSPS) is 27.3. The highest BCUT2D eigenvalue weighted by molar-refractivity contribution is 5.78. The van der Waals surface area contributed by atoms with E-state index in [2.05, 4.69) is 0 Å². The molecule has 0 aliphatic carbocycles. The van der Waals surface area contributed by atoms with Crippen LogP contribution >= 0.6 is 0 Å². The molecule has 0 saturated carbocycles. The largest absolute Gasteiger partial charge is 0.479 e. The molecule has 1 saturated heterocycles. The number of carboxylic acids is 1. The van der Waals surface area contributed by atoms with E-state index in [1.54, 1.807) is 36.4 Å². The van der Waals surface area contributed by atoms with Crippen LogP contribution in [-0.2, 0) is 19.1 Å². The third kappa shape index (κ3) is 4.34. The molecule has 1 heterocycles. The van der Waals surface area contributed by atoms with E-state index in [0.717, 1.165) is 0 Å². The van der Waals surface area contributed by atoms with Gasteiger partial charge in [-0.2, -0.15) is 0 Å². The lowest BCUT2D eigenvalue weighted by Gasteiger charge is -2.38.